The molecule has 2 aliphatic rings. The maximum atomic E-state index is 10.9. The van der Waals surface area contributed by atoms with Crippen molar-refractivity contribution < 1.29 is 9.53 Å². The zero-order valence-electron chi connectivity index (χ0n) is 9.17. The van der Waals surface area contributed by atoms with E-state index in [0.29, 0.717) is 17.3 Å². The van der Waals surface area contributed by atoms with E-state index in [2.05, 4.69) is 20.4 Å². The van der Waals surface area contributed by atoms with Crippen LogP contribution in [-0.4, -0.2) is 12.1 Å². The lowest BCUT2D eigenvalue weighted by Gasteiger charge is -2.19. The third-order valence-corrected chi connectivity index (χ3v) is 4.00. The first-order chi connectivity index (χ1) is 6.47. The summed E-state index contributed by atoms with van der Waals surface area (Å²) in [5.74, 6) is 1.10. The summed E-state index contributed by atoms with van der Waals surface area (Å²) >= 11 is 0. The Morgan fingerprint density at radius 3 is 2.64 bits per heavy atom. The van der Waals surface area contributed by atoms with Gasteiger partial charge in [0, 0.05) is 6.92 Å². The van der Waals surface area contributed by atoms with Crippen LogP contribution in [0, 0.1) is 17.3 Å². The molecule has 3 atom stereocenters. The molecule has 0 saturated heterocycles. The van der Waals surface area contributed by atoms with E-state index < -0.39 is 0 Å². The number of carbonyl (C=O) groups is 1. The lowest BCUT2D eigenvalue weighted by Crippen LogP contribution is -2.19. The van der Waals surface area contributed by atoms with E-state index in [4.69, 9.17) is 4.74 Å². The molecule has 0 aliphatic heterocycles. The van der Waals surface area contributed by atoms with Crippen LogP contribution >= 0.6 is 0 Å². The van der Waals surface area contributed by atoms with Gasteiger partial charge in [0.25, 0.3) is 0 Å². The molecule has 2 aliphatic carbocycles. The van der Waals surface area contributed by atoms with Crippen molar-refractivity contribution in [2.45, 2.75) is 39.7 Å². The van der Waals surface area contributed by atoms with Crippen LogP contribution in [0.25, 0.3) is 0 Å². The molecule has 0 N–H and O–H groups in total. The van der Waals surface area contributed by atoms with Gasteiger partial charge in [-0.3, -0.25) is 4.79 Å². The van der Waals surface area contributed by atoms with E-state index in [1.165, 1.54) is 13.3 Å². The Morgan fingerprint density at radius 2 is 2.21 bits per heavy atom. The molecule has 0 spiro atoms. The highest BCUT2D eigenvalue weighted by atomic mass is 16.5. The third-order valence-electron chi connectivity index (χ3n) is 4.00. The summed E-state index contributed by atoms with van der Waals surface area (Å²) in [6.45, 7) is 10.0. The first-order valence-corrected chi connectivity index (χ1v) is 5.33. The molecule has 0 bridgehead atoms. The van der Waals surface area contributed by atoms with Crippen molar-refractivity contribution in [3.8, 4) is 0 Å². The minimum absolute atomic E-state index is 0.00588. The fourth-order valence-electron chi connectivity index (χ4n) is 2.94. The quantitative estimate of drug-likeness (QED) is 0.499. The number of fused-ring (bicyclic) bond motifs is 1. The summed E-state index contributed by atoms with van der Waals surface area (Å²) in [4.78, 5) is 10.9. The lowest BCUT2D eigenvalue weighted by molar-refractivity contribution is -0.144. The first-order valence-electron chi connectivity index (χ1n) is 5.33. The number of hydrogen-bond acceptors (Lipinski definition) is 2. The molecule has 2 saturated carbocycles. The topological polar surface area (TPSA) is 26.3 Å². The molecule has 2 heteroatoms. The Bertz CT molecular complexity index is 293. The van der Waals surface area contributed by atoms with Crippen LogP contribution in [-0.2, 0) is 9.53 Å². The average molecular weight is 194 g/mol. The highest BCUT2D eigenvalue weighted by Crippen LogP contribution is 2.69. The molecule has 78 valence electrons. The van der Waals surface area contributed by atoms with Crippen LogP contribution in [0.1, 0.15) is 33.6 Å². The zero-order valence-corrected chi connectivity index (χ0v) is 9.17. The number of carbonyl (C=O) groups excluding carboxylic acids is 1. The summed E-state index contributed by atoms with van der Waals surface area (Å²) < 4.78 is 5.26. The van der Waals surface area contributed by atoms with Crippen LogP contribution in [0.2, 0.25) is 0 Å². The highest BCUT2D eigenvalue weighted by Gasteiger charge is 2.64. The molecule has 0 radical (unpaired) electrons. The Labute approximate surface area is 85.3 Å². The minimum Gasteiger partial charge on any atom is -0.458 e. The van der Waals surface area contributed by atoms with Crippen LogP contribution < -0.4 is 0 Å². The SMILES string of the molecule is C=C1[C@@H](OC(C)=O)C[C@]2(C(C)C)C[C@H]12. The fourth-order valence-corrected chi connectivity index (χ4v) is 2.94. The summed E-state index contributed by atoms with van der Waals surface area (Å²) in [5, 5.41) is 0. The molecular formula is C12H18O2. The van der Waals surface area contributed by atoms with E-state index in [0.717, 1.165) is 12.0 Å². The summed E-state index contributed by atoms with van der Waals surface area (Å²) in [7, 11) is 0. The molecule has 0 aromatic carbocycles. The second kappa shape index (κ2) is 2.85. The normalized spacial score (nSPS) is 39.9. The molecular weight excluding hydrogens is 176 g/mol. The van der Waals surface area contributed by atoms with E-state index in [-0.39, 0.29) is 12.1 Å². The van der Waals surface area contributed by atoms with Gasteiger partial charge in [-0.2, -0.15) is 0 Å². The molecule has 2 fully saturated rings. The Kier molecular flexibility index (Phi) is 1.98. The zero-order chi connectivity index (χ0) is 10.5. The maximum absolute atomic E-state index is 10.9. The molecule has 14 heavy (non-hydrogen) atoms. The highest BCUT2D eigenvalue weighted by molar-refractivity contribution is 5.66. The van der Waals surface area contributed by atoms with Crippen molar-refractivity contribution in [1.82, 2.24) is 0 Å². The standard InChI is InChI=1S/C12H18O2/c1-7(2)12-5-10(12)8(3)11(6-12)14-9(4)13/h7,10-11H,3,5-6H2,1-2,4H3/t10-,11+,12+/m1/s1. The predicted molar refractivity (Wildman–Crippen MR) is 54.7 cm³/mol. The van der Waals surface area contributed by atoms with Gasteiger partial charge in [0.05, 0.1) is 0 Å². The van der Waals surface area contributed by atoms with Gasteiger partial charge in [-0.1, -0.05) is 20.4 Å². The molecule has 0 amide bonds. The van der Waals surface area contributed by atoms with Gasteiger partial charge < -0.3 is 4.74 Å². The largest absolute Gasteiger partial charge is 0.458 e. The number of ether oxygens (including phenoxy) is 1. The van der Waals surface area contributed by atoms with Gasteiger partial charge >= 0.3 is 5.97 Å². The Morgan fingerprint density at radius 1 is 1.57 bits per heavy atom. The van der Waals surface area contributed by atoms with Crippen LogP contribution in [0.3, 0.4) is 0 Å². The van der Waals surface area contributed by atoms with Crippen molar-refractivity contribution in [2.75, 3.05) is 0 Å². The molecule has 0 unspecified atom stereocenters. The van der Waals surface area contributed by atoms with E-state index in [1.54, 1.807) is 0 Å². The molecule has 2 nitrogen and oxygen atoms in total. The third kappa shape index (κ3) is 1.20. The monoisotopic (exact) mass is 194 g/mol. The van der Waals surface area contributed by atoms with Gasteiger partial charge in [0.2, 0.25) is 0 Å². The van der Waals surface area contributed by atoms with Crippen molar-refractivity contribution >= 4 is 5.97 Å². The molecule has 2 rings (SSSR count). The Balaban J connectivity index is 2.07. The van der Waals surface area contributed by atoms with Crippen LogP contribution in [0.4, 0.5) is 0 Å². The number of rotatable bonds is 2. The van der Waals surface area contributed by atoms with Gasteiger partial charge in [-0.05, 0) is 35.7 Å². The lowest BCUT2D eigenvalue weighted by atomic mass is 9.89. The van der Waals surface area contributed by atoms with E-state index in [1.807, 2.05) is 0 Å². The minimum atomic E-state index is -0.184. The van der Waals surface area contributed by atoms with Gasteiger partial charge in [0.15, 0.2) is 0 Å². The van der Waals surface area contributed by atoms with E-state index >= 15 is 0 Å². The molecule has 0 aromatic rings. The number of hydrogen-bond donors (Lipinski definition) is 0. The maximum Gasteiger partial charge on any atom is 0.303 e. The van der Waals surface area contributed by atoms with Crippen molar-refractivity contribution in [3.63, 3.8) is 0 Å². The first kappa shape index (κ1) is 9.75. The smallest absolute Gasteiger partial charge is 0.303 e. The van der Waals surface area contributed by atoms with Crippen LogP contribution in [0.5, 0.6) is 0 Å². The van der Waals surface area contributed by atoms with E-state index in [9.17, 15) is 4.79 Å². The summed E-state index contributed by atoms with van der Waals surface area (Å²) in [6.07, 6.45) is 2.24. The van der Waals surface area contributed by atoms with Gasteiger partial charge in [0.1, 0.15) is 6.10 Å². The molecule has 0 aromatic heterocycles. The summed E-state index contributed by atoms with van der Waals surface area (Å²) in [6, 6.07) is 0. The predicted octanol–water partition coefficient (Wildman–Crippen LogP) is 2.54. The molecule has 0 heterocycles. The van der Waals surface area contributed by atoms with Gasteiger partial charge in [-0.15, -0.1) is 0 Å². The van der Waals surface area contributed by atoms with Crippen molar-refractivity contribution in [2.24, 2.45) is 17.3 Å². The average Bonchev–Trinajstić information content (AvgIpc) is 2.71. The number of esters is 1. The van der Waals surface area contributed by atoms with Crippen molar-refractivity contribution in [3.05, 3.63) is 12.2 Å². The second-order valence-electron chi connectivity index (χ2n) is 5.02. The van der Waals surface area contributed by atoms with Gasteiger partial charge in [-0.25, -0.2) is 0 Å². The van der Waals surface area contributed by atoms with Crippen LogP contribution in [0.15, 0.2) is 12.2 Å². The summed E-state index contributed by atoms with van der Waals surface area (Å²) in [5.41, 5.74) is 1.56. The Hall–Kier alpha value is -0.790. The second-order valence-corrected chi connectivity index (χ2v) is 5.02. The fraction of sp³-hybridized carbons (Fsp3) is 0.750. The van der Waals surface area contributed by atoms with Crippen molar-refractivity contribution in [1.29, 1.82) is 0 Å².